The lowest BCUT2D eigenvalue weighted by Crippen LogP contribution is -2.24. The number of anilines is 1. The molecular formula is C25H17FN4O3S. The fourth-order valence-electron chi connectivity index (χ4n) is 3.78. The van der Waals surface area contributed by atoms with Crippen LogP contribution in [0.15, 0.2) is 71.8 Å². The molecule has 168 valence electrons. The van der Waals surface area contributed by atoms with Crippen LogP contribution in [0.4, 0.5) is 10.1 Å². The number of carbonyl (C=O) groups is 3. The summed E-state index contributed by atoms with van der Waals surface area (Å²) in [6, 6.07) is 18.3. The van der Waals surface area contributed by atoms with Gasteiger partial charge in [-0.2, -0.15) is 0 Å². The average Bonchev–Trinajstić information content (AvgIpc) is 3.06. The van der Waals surface area contributed by atoms with Crippen molar-refractivity contribution in [3.63, 3.8) is 0 Å². The number of benzene rings is 3. The van der Waals surface area contributed by atoms with Gasteiger partial charge in [-0.05, 0) is 42.5 Å². The highest BCUT2D eigenvalue weighted by molar-refractivity contribution is 8.00. The standard InChI is InChI=1S/C25H17FN4O3S/c1-30-24(32)19-11-10-16(12-20(19)25(30)33)27-21(31)13-34-23-18-5-3-2-4-17(18)22(28-29-23)14-6-8-15(26)9-7-14/h2-12H,13H2,1H3,(H,27,31). The van der Waals surface area contributed by atoms with E-state index in [1.165, 1.54) is 43.1 Å². The van der Waals surface area contributed by atoms with Crippen LogP contribution in [-0.4, -0.2) is 45.6 Å². The molecule has 3 amide bonds. The van der Waals surface area contributed by atoms with Crippen molar-refractivity contribution >= 4 is 45.9 Å². The molecule has 4 aromatic rings. The third-order valence-electron chi connectivity index (χ3n) is 5.48. The van der Waals surface area contributed by atoms with Gasteiger partial charge in [0.2, 0.25) is 5.91 Å². The van der Waals surface area contributed by atoms with Gasteiger partial charge < -0.3 is 5.32 Å². The largest absolute Gasteiger partial charge is 0.325 e. The van der Waals surface area contributed by atoms with Gasteiger partial charge in [0.1, 0.15) is 16.5 Å². The maximum absolute atomic E-state index is 13.3. The average molecular weight is 473 g/mol. The number of hydrogen-bond acceptors (Lipinski definition) is 6. The number of nitrogens with zero attached hydrogens (tertiary/aromatic N) is 3. The summed E-state index contributed by atoms with van der Waals surface area (Å²) in [5.74, 6) is -1.30. The normalized spacial score (nSPS) is 12.8. The van der Waals surface area contributed by atoms with E-state index in [1.807, 2.05) is 24.3 Å². The Bertz CT molecular complexity index is 1470. The zero-order valence-corrected chi connectivity index (χ0v) is 18.7. The molecule has 0 bridgehead atoms. The summed E-state index contributed by atoms with van der Waals surface area (Å²) in [5, 5.41) is 13.7. The van der Waals surface area contributed by atoms with Crippen LogP contribution in [0.25, 0.3) is 22.0 Å². The first kappa shape index (κ1) is 21.7. The topological polar surface area (TPSA) is 92.3 Å². The quantitative estimate of drug-likeness (QED) is 0.342. The summed E-state index contributed by atoms with van der Waals surface area (Å²) in [7, 11) is 1.42. The Balaban J connectivity index is 1.33. The van der Waals surface area contributed by atoms with Crippen molar-refractivity contribution in [2.45, 2.75) is 5.03 Å². The monoisotopic (exact) mass is 472 g/mol. The zero-order valence-electron chi connectivity index (χ0n) is 17.9. The van der Waals surface area contributed by atoms with Crippen molar-refractivity contribution in [3.8, 4) is 11.3 Å². The number of imide groups is 1. The molecule has 0 spiro atoms. The second-order valence-electron chi connectivity index (χ2n) is 7.67. The molecule has 0 unspecified atom stereocenters. The minimum absolute atomic E-state index is 0.0679. The number of hydrogen-bond donors (Lipinski definition) is 1. The van der Waals surface area contributed by atoms with E-state index in [0.29, 0.717) is 22.0 Å². The molecule has 1 aliphatic rings. The van der Waals surface area contributed by atoms with E-state index in [0.717, 1.165) is 21.2 Å². The molecule has 5 rings (SSSR count). The van der Waals surface area contributed by atoms with Gasteiger partial charge in [0.15, 0.2) is 0 Å². The van der Waals surface area contributed by atoms with Crippen LogP contribution in [-0.2, 0) is 4.79 Å². The van der Waals surface area contributed by atoms with Crippen molar-refractivity contribution in [1.29, 1.82) is 0 Å². The van der Waals surface area contributed by atoms with Gasteiger partial charge in [0.25, 0.3) is 11.8 Å². The SMILES string of the molecule is CN1C(=O)c2ccc(NC(=O)CSc3nnc(-c4ccc(F)cc4)c4ccccc34)cc2C1=O. The summed E-state index contributed by atoms with van der Waals surface area (Å²) >= 11 is 1.24. The molecule has 1 aromatic heterocycles. The second-order valence-corrected chi connectivity index (χ2v) is 8.64. The zero-order chi connectivity index (χ0) is 23.8. The highest BCUT2D eigenvalue weighted by atomic mass is 32.2. The van der Waals surface area contributed by atoms with Gasteiger partial charge in [0.05, 0.1) is 16.9 Å². The summed E-state index contributed by atoms with van der Waals surface area (Å²) in [6.07, 6.45) is 0. The first-order valence-corrected chi connectivity index (χ1v) is 11.3. The Hall–Kier alpha value is -4.11. The van der Waals surface area contributed by atoms with E-state index in [1.54, 1.807) is 18.2 Å². The lowest BCUT2D eigenvalue weighted by atomic mass is 10.1. The predicted octanol–water partition coefficient (Wildman–Crippen LogP) is 4.39. The maximum atomic E-state index is 13.3. The minimum Gasteiger partial charge on any atom is -0.325 e. The molecular weight excluding hydrogens is 455 g/mol. The van der Waals surface area contributed by atoms with Crippen molar-refractivity contribution in [2.24, 2.45) is 0 Å². The molecule has 0 fully saturated rings. The second kappa shape index (κ2) is 8.68. The number of carbonyl (C=O) groups excluding carboxylic acids is 3. The van der Waals surface area contributed by atoms with Crippen LogP contribution >= 0.6 is 11.8 Å². The van der Waals surface area contributed by atoms with Crippen LogP contribution in [0.5, 0.6) is 0 Å². The lowest BCUT2D eigenvalue weighted by molar-refractivity contribution is -0.113. The molecule has 7 nitrogen and oxygen atoms in total. The van der Waals surface area contributed by atoms with Crippen LogP contribution < -0.4 is 5.32 Å². The Morgan fingerprint density at radius 1 is 0.941 bits per heavy atom. The molecule has 34 heavy (non-hydrogen) atoms. The summed E-state index contributed by atoms with van der Waals surface area (Å²) in [4.78, 5) is 37.8. The summed E-state index contributed by atoms with van der Waals surface area (Å²) in [5.41, 5.74) is 2.40. The van der Waals surface area contributed by atoms with Gasteiger partial charge in [-0.3, -0.25) is 19.3 Å². The Kier molecular flexibility index (Phi) is 5.54. The van der Waals surface area contributed by atoms with Gasteiger partial charge in [-0.1, -0.05) is 36.0 Å². The Morgan fingerprint density at radius 3 is 2.41 bits per heavy atom. The number of thioether (sulfide) groups is 1. The number of aromatic nitrogens is 2. The van der Waals surface area contributed by atoms with Gasteiger partial charge in [0, 0.05) is 29.1 Å². The van der Waals surface area contributed by atoms with Crippen LogP contribution in [0.1, 0.15) is 20.7 Å². The molecule has 0 atom stereocenters. The van der Waals surface area contributed by atoms with Gasteiger partial charge >= 0.3 is 0 Å². The molecule has 0 saturated carbocycles. The van der Waals surface area contributed by atoms with Crippen LogP contribution in [0, 0.1) is 5.82 Å². The number of rotatable bonds is 5. The first-order chi connectivity index (χ1) is 16.4. The fourth-order valence-corrected chi connectivity index (χ4v) is 4.55. The van der Waals surface area contributed by atoms with Crippen molar-refractivity contribution in [2.75, 3.05) is 18.1 Å². The predicted molar refractivity (Wildman–Crippen MR) is 127 cm³/mol. The molecule has 0 saturated heterocycles. The highest BCUT2D eigenvalue weighted by Gasteiger charge is 2.32. The molecule has 9 heteroatoms. The summed E-state index contributed by atoms with van der Waals surface area (Å²) in [6.45, 7) is 0. The van der Waals surface area contributed by atoms with Gasteiger partial charge in [-0.25, -0.2) is 4.39 Å². The lowest BCUT2D eigenvalue weighted by Gasteiger charge is -2.10. The number of halogens is 1. The number of amides is 3. The molecule has 1 aliphatic heterocycles. The number of nitrogens with one attached hydrogen (secondary N) is 1. The third-order valence-corrected chi connectivity index (χ3v) is 6.47. The molecule has 0 radical (unpaired) electrons. The van der Waals surface area contributed by atoms with Crippen LogP contribution in [0.3, 0.4) is 0 Å². The molecule has 1 N–H and O–H groups in total. The van der Waals surface area contributed by atoms with Crippen molar-refractivity contribution < 1.29 is 18.8 Å². The van der Waals surface area contributed by atoms with Crippen LogP contribution in [0.2, 0.25) is 0 Å². The van der Waals surface area contributed by atoms with Crippen molar-refractivity contribution in [3.05, 3.63) is 83.7 Å². The van der Waals surface area contributed by atoms with E-state index in [2.05, 4.69) is 15.5 Å². The third kappa shape index (κ3) is 3.90. The maximum Gasteiger partial charge on any atom is 0.261 e. The Morgan fingerprint density at radius 2 is 1.65 bits per heavy atom. The Labute approximate surface area is 198 Å². The molecule has 3 aromatic carbocycles. The van der Waals surface area contributed by atoms with Crippen molar-refractivity contribution in [1.82, 2.24) is 15.1 Å². The highest BCUT2D eigenvalue weighted by Crippen LogP contribution is 2.32. The molecule has 2 heterocycles. The first-order valence-electron chi connectivity index (χ1n) is 10.3. The minimum atomic E-state index is -0.395. The number of fused-ring (bicyclic) bond motifs is 2. The van der Waals surface area contributed by atoms with E-state index in [4.69, 9.17) is 0 Å². The van der Waals surface area contributed by atoms with E-state index < -0.39 is 5.91 Å². The van der Waals surface area contributed by atoms with E-state index in [9.17, 15) is 18.8 Å². The van der Waals surface area contributed by atoms with Gasteiger partial charge in [-0.15, -0.1) is 10.2 Å². The van der Waals surface area contributed by atoms with E-state index >= 15 is 0 Å². The molecule has 0 aliphatic carbocycles. The smallest absolute Gasteiger partial charge is 0.261 e. The van der Waals surface area contributed by atoms with E-state index in [-0.39, 0.29) is 28.9 Å². The fraction of sp³-hybridized carbons (Fsp3) is 0.0800. The summed E-state index contributed by atoms with van der Waals surface area (Å²) < 4.78 is 13.3.